The number of hydrogen-bond acceptors (Lipinski definition) is 3. The van der Waals surface area contributed by atoms with Crippen molar-refractivity contribution in [3.05, 3.63) is 0 Å². The summed E-state index contributed by atoms with van der Waals surface area (Å²) in [6.45, 7) is 5.40. The van der Waals surface area contributed by atoms with Crippen LogP contribution in [0.3, 0.4) is 0 Å². The molecule has 0 fully saturated rings. The topological polar surface area (TPSA) is 46.2 Å². The van der Waals surface area contributed by atoms with Gasteiger partial charge >= 0.3 is 0 Å². The Labute approximate surface area is 109 Å². The van der Waals surface area contributed by atoms with E-state index in [9.17, 15) is 9.59 Å². The largest absolute Gasteiger partial charge is 0.345 e. The van der Waals surface area contributed by atoms with E-state index in [1.165, 1.54) is 6.92 Å². The van der Waals surface area contributed by atoms with E-state index < -0.39 is 6.04 Å². The van der Waals surface area contributed by atoms with E-state index in [1.807, 2.05) is 13.8 Å². The van der Waals surface area contributed by atoms with Crippen LogP contribution in [0, 0.1) is 0 Å². The highest BCUT2D eigenvalue weighted by atomic mass is 127. The van der Waals surface area contributed by atoms with Gasteiger partial charge in [0.15, 0.2) is 0 Å². The third-order valence-electron chi connectivity index (χ3n) is 2.00. The molecule has 0 bridgehead atoms. The van der Waals surface area contributed by atoms with Crippen molar-refractivity contribution in [3.8, 4) is 0 Å². The van der Waals surface area contributed by atoms with Gasteiger partial charge in [0.05, 0.1) is 6.04 Å². The minimum absolute atomic E-state index is 0.158. The molecule has 0 aromatic heterocycles. The van der Waals surface area contributed by atoms with Crippen molar-refractivity contribution in [2.75, 3.05) is 10.2 Å². The summed E-state index contributed by atoms with van der Waals surface area (Å²) in [6, 6.07) is -0.408. The van der Waals surface area contributed by atoms with Crippen LogP contribution < -0.4 is 5.32 Å². The van der Waals surface area contributed by atoms with Crippen molar-refractivity contribution >= 4 is 46.5 Å². The van der Waals surface area contributed by atoms with Crippen molar-refractivity contribution in [2.45, 2.75) is 38.0 Å². The molecule has 5 heteroatoms. The van der Waals surface area contributed by atoms with Crippen LogP contribution in [-0.2, 0) is 9.59 Å². The first kappa shape index (κ1) is 15.2. The second-order valence-electron chi connectivity index (χ2n) is 3.81. The van der Waals surface area contributed by atoms with E-state index in [-0.39, 0.29) is 10.7 Å². The Morgan fingerprint density at radius 3 is 2.60 bits per heavy atom. The summed E-state index contributed by atoms with van der Waals surface area (Å²) < 4.78 is 0.881. The predicted molar refractivity (Wildman–Crippen MR) is 73.7 cm³/mol. The zero-order valence-electron chi connectivity index (χ0n) is 9.38. The van der Waals surface area contributed by atoms with Crippen LogP contribution in [0.1, 0.15) is 27.2 Å². The monoisotopic (exact) mass is 343 g/mol. The van der Waals surface area contributed by atoms with Crippen LogP contribution >= 0.6 is 34.4 Å². The lowest BCUT2D eigenvalue weighted by Crippen LogP contribution is -2.48. The quantitative estimate of drug-likeness (QED) is 0.333. The predicted octanol–water partition coefficient (Wildman–Crippen LogP) is 2.03. The number of carbonyl (C=O) groups excluding carboxylic acids is 2. The van der Waals surface area contributed by atoms with Crippen LogP contribution in [0.25, 0.3) is 0 Å². The van der Waals surface area contributed by atoms with Crippen LogP contribution in [0.4, 0.5) is 0 Å². The third-order valence-corrected chi connectivity index (χ3v) is 4.25. The lowest BCUT2D eigenvalue weighted by Gasteiger charge is -2.30. The molecule has 0 aliphatic rings. The minimum atomic E-state index is -0.408. The highest BCUT2D eigenvalue weighted by Crippen LogP contribution is 2.28. The molecule has 0 radical (unpaired) electrons. The number of nitrogens with one attached hydrogen (secondary N) is 1. The molecule has 0 rings (SSSR count). The van der Waals surface area contributed by atoms with Crippen molar-refractivity contribution in [1.82, 2.24) is 5.32 Å². The first-order chi connectivity index (χ1) is 6.94. The number of alkyl halides is 1. The summed E-state index contributed by atoms with van der Waals surface area (Å²) in [7, 11) is 0. The van der Waals surface area contributed by atoms with E-state index in [1.54, 1.807) is 11.8 Å². The van der Waals surface area contributed by atoms with Crippen LogP contribution in [0.5, 0.6) is 0 Å². The van der Waals surface area contributed by atoms with Gasteiger partial charge in [0, 0.05) is 16.1 Å². The molecule has 0 spiro atoms. The maximum atomic E-state index is 10.9. The number of amides is 1. The van der Waals surface area contributed by atoms with Crippen molar-refractivity contribution in [3.63, 3.8) is 0 Å². The first-order valence-corrected chi connectivity index (χ1v) is 7.37. The number of rotatable bonds is 7. The number of hydrogen-bond donors (Lipinski definition) is 1. The number of halogens is 1. The van der Waals surface area contributed by atoms with E-state index in [0.29, 0.717) is 0 Å². The van der Waals surface area contributed by atoms with Crippen LogP contribution in [0.2, 0.25) is 0 Å². The average molecular weight is 343 g/mol. The Balaban J connectivity index is 4.23. The number of thioether (sulfide) groups is 1. The summed E-state index contributed by atoms with van der Waals surface area (Å²) in [5, 5.41) is 2.67. The molecule has 0 saturated carbocycles. The van der Waals surface area contributed by atoms with Gasteiger partial charge < -0.3 is 10.1 Å². The van der Waals surface area contributed by atoms with Gasteiger partial charge in [-0.3, -0.25) is 4.79 Å². The summed E-state index contributed by atoms with van der Waals surface area (Å²) in [6.07, 6.45) is 1.94. The normalized spacial score (nSPS) is 13.3. The van der Waals surface area contributed by atoms with E-state index >= 15 is 0 Å². The SMILES string of the molecule is CC(=O)N[C@H](C=O)C(C)(C)SCCCI. The molecule has 1 atom stereocenters. The van der Waals surface area contributed by atoms with Gasteiger partial charge in [0.1, 0.15) is 6.29 Å². The Bertz CT molecular complexity index is 221. The van der Waals surface area contributed by atoms with Crippen molar-refractivity contribution in [2.24, 2.45) is 0 Å². The molecule has 0 unspecified atom stereocenters. The molecule has 0 aliphatic carbocycles. The van der Waals surface area contributed by atoms with Crippen molar-refractivity contribution < 1.29 is 9.59 Å². The van der Waals surface area contributed by atoms with E-state index in [2.05, 4.69) is 27.9 Å². The highest BCUT2D eigenvalue weighted by molar-refractivity contribution is 14.1. The third kappa shape index (κ3) is 6.40. The summed E-state index contributed by atoms with van der Waals surface area (Å²) in [4.78, 5) is 21.8. The molecule has 0 saturated heterocycles. The van der Waals surface area contributed by atoms with E-state index in [0.717, 1.165) is 22.9 Å². The first-order valence-electron chi connectivity index (χ1n) is 4.86. The Morgan fingerprint density at radius 2 is 2.20 bits per heavy atom. The fourth-order valence-electron chi connectivity index (χ4n) is 1.07. The second-order valence-corrected chi connectivity index (χ2v) is 6.64. The average Bonchev–Trinajstić information content (AvgIpc) is 2.14. The summed E-state index contributed by atoms with van der Waals surface area (Å²) >= 11 is 4.06. The van der Waals surface area contributed by atoms with Gasteiger partial charge in [-0.1, -0.05) is 22.6 Å². The second kappa shape index (κ2) is 7.49. The maximum absolute atomic E-state index is 10.9. The summed E-state index contributed by atoms with van der Waals surface area (Å²) in [5.41, 5.74) is 0. The molecular formula is C10H18INO2S. The lowest BCUT2D eigenvalue weighted by atomic mass is 10.1. The standard InChI is InChI=1S/C10H18INO2S/c1-8(14)12-9(7-13)10(2,3)15-6-4-5-11/h7,9H,4-6H2,1-3H3,(H,12,14)/t9-/m1/s1. The number of aldehydes is 1. The Kier molecular flexibility index (Phi) is 7.60. The Morgan fingerprint density at radius 1 is 1.60 bits per heavy atom. The molecule has 15 heavy (non-hydrogen) atoms. The van der Waals surface area contributed by atoms with Gasteiger partial charge in [0.2, 0.25) is 5.91 Å². The molecule has 1 amide bonds. The fraction of sp³-hybridized carbons (Fsp3) is 0.800. The van der Waals surface area contributed by atoms with Gasteiger partial charge in [-0.25, -0.2) is 0 Å². The molecule has 0 aliphatic heterocycles. The zero-order valence-corrected chi connectivity index (χ0v) is 12.4. The maximum Gasteiger partial charge on any atom is 0.217 e. The molecule has 3 nitrogen and oxygen atoms in total. The molecule has 0 aromatic rings. The minimum Gasteiger partial charge on any atom is -0.345 e. The van der Waals surface area contributed by atoms with Crippen LogP contribution in [0.15, 0.2) is 0 Å². The molecule has 1 N–H and O–H groups in total. The number of carbonyl (C=O) groups is 2. The van der Waals surface area contributed by atoms with Crippen LogP contribution in [-0.4, -0.2) is 33.2 Å². The van der Waals surface area contributed by atoms with Crippen molar-refractivity contribution in [1.29, 1.82) is 0 Å². The van der Waals surface area contributed by atoms with E-state index in [4.69, 9.17) is 0 Å². The Hall–Kier alpha value is 0.220. The van der Waals surface area contributed by atoms with Gasteiger partial charge in [0.25, 0.3) is 0 Å². The lowest BCUT2D eigenvalue weighted by molar-refractivity contribution is -0.122. The van der Waals surface area contributed by atoms with Gasteiger partial charge in [-0.05, 0) is 26.0 Å². The highest BCUT2D eigenvalue weighted by Gasteiger charge is 2.30. The fourth-order valence-corrected chi connectivity index (χ4v) is 3.08. The van der Waals surface area contributed by atoms with Gasteiger partial charge in [-0.15, -0.1) is 0 Å². The van der Waals surface area contributed by atoms with Gasteiger partial charge in [-0.2, -0.15) is 11.8 Å². The molecule has 88 valence electrons. The zero-order chi connectivity index (χ0) is 11.9. The molecular weight excluding hydrogens is 325 g/mol. The smallest absolute Gasteiger partial charge is 0.217 e. The molecule has 0 aromatic carbocycles. The summed E-state index contributed by atoms with van der Waals surface area (Å²) in [5.74, 6) is 0.856. The molecule has 0 heterocycles.